The number of hydrogen-bond acceptors (Lipinski definition) is 4. The summed E-state index contributed by atoms with van der Waals surface area (Å²) in [5, 5.41) is 15.4. The minimum Gasteiger partial charge on any atom is -0.387 e. The second kappa shape index (κ2) is 6.44. The van der Waals surface area contributed by atoms with Gasteiger partial charge in [0.1, 0.15) is 0 Å². The van der Waals surface area contributed by atoms with Gasteiger partial charge in [-0.3, -0.25) is 4.98 Å². The molecule has 0 aliphatic rings. The van der Waals surface area contributed by atoms with E-state index in [1.54, 1.807) is 13.3 Å². The summed E-state index contributed by atoms with van der Waals surface area (Å²) in [5.74, 6) is 0. The number of fused-ring (bicyclic) bond motifs is 1. The number of hydrogen-bond donors (Lipinski definition) is 2. The average Bonchev–Trinajstić information content (AvgIpc) is 2.43. The van der Waals surface area contributed by atoms with Gasteiger partial charge in [-0.25, -0.2) is 0 Å². The van der Waals surface area contributed by atoms with Crippen molar-refractivity contribution in [1.29, 1.82) is 0 Å². The first-order valence-corrected chi connectivity index (χ1v) is 6.03. The molecule has 0 radical (unpaired) electrons. The maximum absolute atomic E-state index is 10.2. The molecular formula is C14H18N2O2. The Bertz CT molecular complexity index is 497. The molecule has 1 unspecified atom stereocenters. The monoisotopic (exact) mass is 246 g/mol. The van der Waals surface area contributed by atoms with E-state index in [-0.39, 0.29) is 0 Å². The SMILES string of the molecule is COCCNCC(O)c1cncc2ccccc12. The Labute approximate surface area is 107 Å². The van der Waals surface area contributed by atoms with Crippen molar-refractivity contribution in [1.82, 2.24) is 10.3 Å². The first-order valence-electron chi connectivity index (χ1n) is 6.03. The van der Waals surface area contributed by atoms with Crippen molar-refractivity contribution in [3.05, 3.63) is 42.2 Å². The Kier molecular flexibility index (Phi) is 4.64. The van der Waals surface area contributed by atoms with Crippen LogP contribution in [0.3, 0.4) is 0 Å². The smallest absolute Gasteiger partial charge is 0.0935 e. The van der Waals surface area contributed by atoms with Crippen LogP contribution in [0.2, 0.25) is 0 Å². The molecule has 4 nitrogen and oxygen atoms in total. The summed E-state index contributed by atoms with van der Waals surface area (Å²) < 4.78 is 4.94. The van der Waals surface area contributed by atoms with Crippen LogP contribution in [0.5, 0.6) is 0 Å². The number of methoxy groups -OCH3 is 1. The molecule has 0 saturated heterocycles. The van der Waals surface area contributed by atoms with Crippen LogP contribution >= 0.6 is 0 Å². The highest BCUT2D eigenvalue weighted by molar-refractivity contribution is 5.84. The van der Waals surface area contributed by atoms with Gasteiger partial charge in [0.25, 0.3) is 0 Å². The summed E-state index contributed by atoms with van der Waals surface area (Å²) >= 11 is 0. The maximum Gasteiger partial charge on any atom is 0.0935 e. The van der Waals surface area contributed by atoms with Crippen LogP contribution in [0.25, 0.3) is 10.8 Å². The fraction of sp³-hybridized carbons (Fsp3) is 0.357. The van der Waals surface area contributed by atoms with E-state index in [1.165, 1.54) is 0 Å². The van der Waals surface area contributed by atoms with Gasteiger partial charge in [0.2, 0.25) is 0 Å². The lowest BCUT2D eigenvalue weighted by atomic mass is 10.0. The first kappa shape index (κ1) is 13.0. The number of aliphatic hydroxyl groups excluding tert-OH is 1. The highest BCUT2D eigenvalue weighted by Gasteiger charge is 2.10. The van der Waals surface area contributed by atoms with Gasteiger partial charge >= 0.3 is 0 Å². The van der Waals surface area contributed by atoms with Crippen LogP contribution in [-0.4, -0.2) is 36.9 Å². The molecule has 0 aliphatic carbocycles. The number of pyridine rings is 1. The molecule has 0 bridgehead atoms. The number of nitrogens with one attached hydrogen (secondary N) is 1. The minimum atomic E-state index is -0.555. The highest BCUT2D eigenvalue weighted by atomic mass is 16.5. The molecule has 0 amide bonds. The van der Waals surface area contributed by atoms with E-state index < -0.39 is 6.10 Å². The van der Waals surface area contributed by atoms with Gasteiger partial charge in [0, 0.05) is 43.5 Å². The topological polar surface area (TPSA) is 54.4 Å². The molecule has 96 valence electrons. The second-order valence-electron chi connectivity index (χ2n) is 4.16. The molecular weight excluding hydrogens is 228 g/mol. The van der Waals surface area contributed by atoms with Crippen molar-refractivity contribution >= 4 is 10.8 Å². The van der Waals surface area contributed by atoms with E-state index in [0.717, 1.165) is 22.9 Å². The standard InChI is InChI=1S/C14H18N2O2/c1-18-7-6-15-10-14(17)13-9-16-8-11-4-2-3-5-12(11)13/h2-5,8-9,14-15,17H,6-7,10H2,1H3. The molecule has 0 saturated carbocycles. The number of ether oxygens (including phenoxy) is 1. The zero-order valence-corrected chi connectivity index (χ0v) is 10.5. The van der Waals surface area contributed by atoms with E-state index in [4.69, 9.17) is 4.74 Å². The number of nitrogens with zero attached hydrogens (tertiary/aromatic N) is 1. The van der Waals surface area contributed by atoms with Crippen molar-refractivity contribution in [2.75, 3.05) is 26.8 Å². The molecule has 1 atom stereocenters. The summed E-state index contributed by atoms with van der Waals surface area (Å²) in [6.45, 7) is 1.87. The minimum absolute atomic E-state index is 0.499. The van der Waals surface area contributed by atoms with Crippen molar-refractivity contribution in [3.8, 4) is 0 Å². The third-order valence-corrected chi connectivity index (χ3v) is 2.88. The Morgan fingerprint density at radius 2 is 2.17 bits per heavy atom. The predicted octanol–water partition coefficient (Wildman–Crippen LogP) is 1.50. The third-order valence-electron chi connectivity index (χ3n) is 2.88. The molecule has 2 N–H and O–H groups in total. The van der Waals surface area contributed by atoms with Crippen LogP contribution in [0.1, 0.15) is 11.7 Å². The summed E-state index contributed by atoms with van der Waals surface area (Å²) in [5.41, 5.74) is 0.859. The van der Waals surface area contributed by atoms with Crippen LogP contribution in [-0.2, 0) is 4.74 Å². The Morgan fingerprint density at radius 1 is 1.33 bits per heavy atom. The molecule has 1 heterocycles. The molecule has 4 heteroatoms. The molecule has 2 aromatic rings. The molecule has 1 aromatic carbocycles. The van der Waals surface area contributed by atoms with Crippen LogP contribution < -0.4 is 5.32 Å². The van der Waals surface area contributed by atoms with Gasteiger partial charge in [-0.1, -0.05) is 24.3 Å². The quantitative estimate of drug-likeness (QED) is 0.758. The molecule has 18 heavy (non-hydrogen) atoms. The van der Waals surface area contributed by atoms with Gasteiger partial charge in [-0.05, 0) is 5.39 Å². The van der Waals surface area contributed by atoms with E-state index in [0.29, 0.717) is 13.2 Å². The summed E-state index contributed by atoms with van der Waals surface area (Å²) in [6, 6.07) is 7.94. The summed E-state index contributed by atoms with van der Waals surface area (Å²) in [6.07, 6.45) is 2.98. The van der Waals surface area contributed by atoms with Gasteiger partial charge < -0.3 is 15.2 Å². The second-order valence-corrected chi connectivity index (χ2v) is 4.16. The number of benzene rings is 1. The normalized spacial score (nSPS) is 12.8. The zero-order chi connectivity index (χ0) is 12.8. The Hall–Kier alpha value is -1.49. The first-order chi connectivity index (χ1) is 8.83. The van der Waals surface area contributed by atoms with E-state index in [9.17, 15) is 5.11 Å². The number of aliphatic hydroxyl groups is 1. The van der Waals surface area contributed by atoms with Gasteiger partial charge in [0.05, 0.1) is 12.7 Å². The van der Waals surface area contributed by atoms with Gasteiger partial charge in [-0.15, -0.1) is 0 Å². The average molecular weight is 246 g/mol. The lowest BCUT2D eigenvalue weighted by molar-refractivity contribution is 0.162. The third kappa shape index (κ3) is 3.04. The van der Waals surface area contributed by atoms with Crippen molar-refractivity contribution < 1.29 is 9.84 Å². The lowest BCUT2D eigenvalue weighted by Gasteiger charge is -2.14. The summed E-state index contributed by atoms with van der Waals surface area (Å²) in [4.78, 5) is 4.17. The Morgan fingerprint density at radius 3 is 3.00 bits per heavy atom. The van der Waals surface area contributed by atoms with Crippen LogP contribution in [0.15, 0.2) is 36.7 Å². The molecule has 0 fully saturated rings. The largest absolute Gasteiger partial charge is 0.387 e. The van der Waals surface area contributed by atoms with Crippen LogP contribution in [0, 0.1) is 0 Å². The predicted molar refractivity (Wildman–Crippen MR) is 71.4 cm³/mol. The molecule has 0 aliphatic heterocycles. The fourth-order valence-electron chi connectivity index (χ4n) is 1.93. The fourth-order valence-corrected chi connectivity index (χ4v) is 1.93. The van der Waals surface area contributed by atoms with Crippen molar-refractivity contribution in [3.63, 3.8) is 0 Å². The summed E-state index contributed by atoms with van der Waals surface area (Å²) in [7, 11) is 1.66. The van der Waals surface area contributed by atoms with E-state index in [2.05, 4.69) is 10.3 Å². The number of aromatic nitrogens is 1. The van der Waals surface area contributed by atoms with Crippen LogP contribution in [0.4, 0.5) is 0 Å². The molecule has 2 rings (SSSR count). The van der Waals surface area contributed by atoms with Gasteiger partial charge in [-0.2, -0.15) is 0 Å². The highest BCUT2D eigenvalue weighted by Crippen LogP contribution is 2.22. The van der Waals surface area contributed by atoms with Crippen molar-refractivity contribution in [2.45, 2.75) is 6.10 Å². The lowest BCUT2D eigenvalue weighted by Crippen LogP contribution is -2.25. The number of rotatable bonds is 6. The molecule has 1 aromatic heterocycles. The van der Waals surface area contributed by atoms with Crippen molar-refractivity contribution in [2.24, 2.45) is 0 Å². The maximum atomic E-state index is 10.2. The Balaban J connectivity index is 2.10. The zero-order valence-electron chi connectivity index (χ0n) is 10.5. The van der Waals surface area contributed by atoms with E-state index in [1.807, 2.05) is 30.5 Å². The van der Waals surface area contributed by atoms with E-state index >= 15 is 0 Å². The molecule has 0 spiro atoms. The van der Waals surface area contributed by atoms with Gasteiger partial charge in [0.15, 0.2) is 0 Å².